The highest BCUT2D eigenvalue weighted by atomic mass is 79.9. The molecule has 0 aliphatic heterocycles. The summed E-state index contributed by atoms with van der Waals surface area (Å²) in [4.78, 5) is 12.5. The molecular formula is C20H24BrNO2. The number of benzene rings is 2. The summed E-state index contributed by atoms with van der Waals surface area (Å²) in [5.74, 6) is 1.35. The van der Waals surface area contributed by atoms with Gasteiger partial charge in [-0.1, -0.05) is 54.0 Å². The summed E-state index contributed by atoms with van der Waals surface area (Å²) in [5, 5.41) is 3.18. The van der Waals surface area contributed by atoms with E-state index in [2.05, 4.69) is 35.1 Å². The van der Waals surface area contributed by atoms with Gasteiger partial charge in [-0.15, -0.1) is 0 Å². The second kappa shape index (κ2) is 8.88. The van der Waals surface area contributed by atoms with Crippen molar-refractivity contribution < 1.29 is 9.53 Å². The molecule has 24 heavy (non-hydrogen) atoms. The van der Waals surface area contributed by atoms with E-state index >= 15 is 0 Å². The lowest BCUT2D eigenvalue weighted by Gasteiger charge is -2.21. The summed E-state index contributed by atoms with van der Waals surface area (Å²) < 4.78 is 6.20. The van der Waals surface area contributed by atoms with Crippen LogP contribution in [0.25, 0.3) is 0 Å². The number of halogens is 1. The van der Waals surface area contributed by atoms with E-state index in [9.17, 15) is 4.79 Å². The molecule has 2 aromatic carbocycles. The highest BCUT2D eigenvalue weighted by Crippen LogP contribution is 2.24. The number of nitrogens with one attached hydrogen (secondary N) is 1. The van der Waals surface area contributed by atoms with Crippen LogP contribution in [0.3, 0.4) is 0 Å². The number of methoxy groups -OCH3 is 1. The Bertz CT molecular complexity index is 668. The first-order chi connectivity index (χ1) is 11.5. The molecular weight excluding hydrogens is 366 g/mol. The first-order valence-corrected chi connectivity index (χ1v) is 8.95. The topological polar surface area (TPSA) is 38.3 Å². The number of carbonyl (C=O) groups is 1. The predicted molar refractivity (Wildman–Crippen MR) is 101 cm³/mol. The molecule has 0 aliphatic carbocycles. The molecule has 0 heterocycles. The molecule has 128 valence electrons. The van der Waals surface area contributed by atoms with Gasteiger partial charge in [0.2, 0.25) is 5.91 Å². The third kappa shape index (κ3) is 5.68. The summed E-state index contributed by atoms with van der Waals surface area (Å²) in [6, 6.07) is 15.8. The average molecular weight is 390 g/mol. The van der Waals surface area contributed by atoms with E-state index in [1.807, 2.05) is 48.5 Å². The minimum atomic E-state index is 0.00978. The van der Waals surface area contributed by atoms with Crippen LogP contribution in [0.5, 0.6) is 5.75 Å². The number of amides is 1. The zero-order valence-corrected chi connectivity index (χ0v) is 16.0. The molecule has 4 heteroatoms. The summed E-state index contributed by atoms with van der Waals surface area (Å²) in [7, 11) is 1.65. The van der Waals surface area contributed by atoms with Crippen LogP contribution in [-0.2, 0) is 11.2 Å². The van der Waals surface area contributed by atoms with Gasteiger partial charge in [0.05, 0.1) is 19.6 Å². The molecule has 0 fully saturated rings. The Kier molecular flexibility index (Phi) is 6.85. The molecule has 0 aromatic heterocycles. The van der Waals surface area contributed by atoms with Crippen LogP contribution < -0.4 is 10.1 Å². The Labute approximate surface area is 152 Å². The molecule has 1 unspecified atom stereocenters. The Morgan fingerprint density at radius 3 is 2.46 bits per heavy atom. The fourth-order valence-corrected chi connectivity index (χ4v) is 3.11. The van der Waals surface area contributed by atoms with E-state index in [0.29, 0.717) is 12.3 Å². The summed E-state index contributed by atoms with van der Waals surface area (Å²) in [6.45, 7) is 4.33. The number of ether oxygens (including phenoxy) is 1. The first-order valence-electron chi connectivity index (χ1n) is 8.15. The van der Waals surface area contributed by atoms with Crippen molar-refractivity contribution >= 4 is 21.8 Å². The molecule has 1 N–H and O–H groups in total. The second-order valence-corrected chi connectivity index (χ2v) is 7.25. The molecule has 2 aromatic rings. The van der Waals surface area contributed by atoms with Crippen molar-refractivity contribution in [1.29, 1.82) is 0 Å². The maximum Gasteiger partial charge on any atom is 0.224 e. The van der Waals surface area contributed by atoms with Crippen molar-refractivity contribution in [3.63, 3.8) is 0 Å². The van der Waals surface area contributed by atoms with Gasteiger partial charge >= 0.3 is 0 Å². The third-order valence-electron chi connectivity index (χ3n) is 3.81. The lowest BCUT2D eigenvalue weighted by Crippen LogP contribution is -2.30. The Hall–Kier alpha value is -1.81. The van der Waals surface area contributed by atoms with Crippen molar-refractivity contribution in [3.05, 3.63) is 64.1 Å². The van der Waals surface area contributed by atoms with Gasteiger partial charge in [0, 0.05) is 4.47 Å². The fraction of sp³-hybridized carbons (Fsp3) is 0.350. The largest absolute Gasteiger partial charge is 0.497 e. The first kappa shape index (κ1) is 18.5. The Morgan fingerprint density at radius 2 is 1.88 bits per heavy atom. The van der Waals surface area contributed by atoms with Crippen molar-refractivity contribution in [2.24, 2.45) is 5.92 Å². The van der Waals surface area contributed by atoms with Crippen LogP contribution in [0.1, 0.15) is 37.4 Å². The van der Waals surface area contributed by atoms with Crippen LogP contribution in [0.2, 0.25) is 0 Å². The average Bonchev–Trinajstić information content (AvgIpc) is 2.54. The predicted octanol–water partition coefficient (Wildman–Crippen LogP) is 4.90. The van der Waals surface area contributed by atoms with Gasteiger partial charge in [-0.2, -0.15) is 0 Å². The monoisotopic (exact) mass is 389 g/mol. The maximum absolute atomic E-state index is 12.5. The maximum atomic E-state index is 12.5. The molecule has 0 saturated carbocycles. The van der Waals surface area contributed by atoms with Gasteiger partial charge in [-0.3, -0.25) is 4.79 Å². The quantitative estimate of drug-likeness (QED) is 0.730. The molecule has 3 nitrogen and oxygen atoms in total. The highest BCUT2D eigenvalue weighted by molar-refractivity contribution is 9.10. The number of hydrogen-bond donors (Lipinski definition) is 1. The minimum absolute atomic E-state index is 0.00978. The molecule has 0 spiro atoms. The minimum Gasteiger partial charge on any atom is -0.497 e. The van der Waals surface area contributed by atoms with Crippen molar-refractivity contribution in [1.82, 2.24) is 5.32 Å². The second-order valence-electron chi connectivity index (χ2n) is 6.33. The zero-order chi connectivity index (χ0) is 17.5. The molecule has 0 radical (unpaired) electrons. The molecule has 2 rings (SSSR count). The van der Waals surface area contributed by atoms with E-state index in [0.717, 1.165) is 27.8 Å². The summed E-state index contributed by atoms with van der Waals surface area (Å²) in [6.07, 6.45) is 1.28. The van der Waals surface area contributed by atoms with E-state index in [1.54, 1.807) is 7.11 Å². The molecule has 0 saturated heterocycles. The van der Waals surface area contributed by atoms with Crippen molar-refractivity contribution in [2.45, 2.75) is 32.7 Å². The van der Waals surface area contributed by atoms with Crippen LogP contribution in [0, 0.1) is 5.92 Å². The smallest absolute Gasteiger partial charge is 0.224 e. The number of rotatable bonds is 7. The Morgan fingerprint density at radius 1 is 1.17 bits per heavy atom. The van der Waals surface area contributed by atoms with Gasteiger partial charge in [-0.25, -0.2) is 0 Å². The summed E-state index contributed by atoms with van der Waals surface area (Å²) >= 11 is 3.44. The molecule has 0 bridgehead atoms. The van der Waals surface area contributed by atoms with Crippen molar-refractivity contribution in [2.75, 3.05) is 7.11 Å². The van der Waals surface area contributed by atoms with Gasteiger partial charge in [-0.05, 0) is 47.7 Å². The highest BCUT2D eigenvalue weighted by Gasteiger charge is 2.16. The van der Waals surface area contributed by atoms with Crippen LogP contribution >= 0.6 is 15.9 Å². The van der Waals surface area contributed by atoms with Crippen LogP contribution in [0.15, 0.2) is 53.0 Å². The van der Waals surface area contributed by atoms with Gasteiger partial charge in [0.1, 0.15) is 5.75 Å². The zero-order valence-electron chi connectivity index (χ0n) is 14.4. The third-order valence-corrected chi connectivity index (χ3v) is 4.31. The van der Waals surface area contributed by atoms with Crippen LogP contribution in [-0.4, -0.2) is 13.0 Å². The lowest BCUT2D eigenvalue weighted by atomic mass is 9.96. The lowest BCUT2D eigenvalue weighted by molar-refractivity contribution is -0.121. The van der Waals surface area contributed by atoms with E-state index in [4.69, 9.17) is 4.74 Å². The van der Waals surface area contributed by atoms with Crippen LogP contribution in [0.4, 0.5) is 0 Å². The molecule has 1 amide bonds. The van der Waals surface area contributed by atoms with E-state index in [-0.39, 0.29) is 11.9 Å². The summed E-state index contributed by atoms with van der Waals surface area (Å²) in [5.41, 5.74) is 2.10. The standard InChI is InChI=1S/C20H24BrNO2/c1-14(2)11-19(16-7-9-18(24-3)10-8-16)22-20(23)13-15-5-4-6-17(21)12-15/h4-10,12,14,19H,11,13H2,1-3H3,(H,22,23). The van der Waals surface area contributed by atoms with E-state index in [1.165, 1.54) is 0 Å². The number of carbonyl (C=O) groups excluding carboxylic acids is 1. The normalized spacial score (nSPS) is 12.0. The Balaban J connectivity index is 2.08. The fourth-order valence-electron chi connectivity index (χ4n) is 2.66. The SMILES string of the molecule is COc1ccc(C(CC(C)C)NC(=O)Cc2cccc(Br)c2)cc1. The van der Waals surface area contributed by atoms with Gasteiger partial charge < -0.3 is 10.1 Å². The molecule has 0 aliphatic rings. The van der Waals surface area contributed by atoms with Gasteiger partial charge in [0.25, 0.3) is 0 Å². The number of hydrogen-bond acceptors (Lipinski definition) is 2. The van der Waals surface area contributed by atoms with E-state index < -0.39 is 0 Å². The van der Waals surface area contributed by atoms with Gasteiger partial charge in [0.15, 0.2) is 0 Å². The van der Waals surface area contributed by atoms with Crippen molar-refractivity contribution in [3.8, 4) is 5.75 Å². The molecule has 1 atom stereocenters.